The van der Waals surface area contributed by atoms with Gasteiger partial charge in [-0.05, 0) is 49.4 Å². The lowest BCUT2D eigenvalue weighted by molar-refractivity contribution is -0.189. The number of carbonyl (C=O) groups excluding carboxylic acids is 4. The van der Waals surface area contributed by atoms with Crippen molar-refractivity contribution in [1.29, 1.82) is 0 Å². The summed E-state index contributed by atoms with van der Waals surface area (Å²) in [5.74, 6) is -3.09. The predicted octanol–water partition coefficient (Wildman–Crippen LogP) is 3.27. The summed E-state index contributed by atoms with van der Waals surface area (Å²) in [6.07, 6.45) is 3.32. The van der Waals surface area contributed by atoms with Gasteiger partial charge in [-0.25, -0.2) is 4.79 Å². The number of fused-ring (bicyclic) bond motifs is 3. The monoisotopic (exact) mass is 532 g/mol. The number of carboxylic acids is 1. The van der Waals surface area contributed by atoms with Gasteiger partial charge in [-0.2, -0.15) is 0 Å². The van der Waals surface area contributed by atoms with E-state index in [1.165, 1.54) is 0 Å². The van der Waals surface area contributed by atoms with Crippen LogP contribution in [0.5, 0.6) is 0 Å². The van der Waals surface area contributed by atoms with Crippen molar-refractivity contribution in [2.75, 3.05) is 13.2 Å². The maximum Gasteiger partial charge on any atom is 0.337 e. The van der Waals surface area contributed by atoms with E-state index < -0.39 is 35.4 Å². The fraction of sp³-hybridized carbons (Fsp3) is 0.679. The van der Waals surface area contributed by atoms with Crippen molar-refractivity contribution in [2.24, 2.45) is 22.7 Å². The number of cyclic esters (lactones) is 2. The van der Waals surface area contributed by atoms with E-state index in [1.54, 1.807) is 6.08 Å². The Balaban J connectivity index is 1.55. The summed E-state index contributed by atoms with van der Waals surface area (Å²) in [4.78, 5) is 59.9. The third-order valence-corrected chi connectivity index (χ3v) is 9.01. The molecule has 2 saturated carbocycles. The highest BCUT2D eigenvalue weighted by Crippen LogP contribution is 2.62. The second-order valence-electron chi connectivity index (χ2n) is 11.4. The van der Waals surface area contributed by atoms with Crippen LogP contribution in [0.3, 0.4) is 0 Å². The van der Waals surface area contributed by atoms with Gasteiger partial charge in [0.05, 0.1) is 31.3 Å². The van der Waals surface area contributed by atoms with Crippen LogP contribution in [0.4, 0.5) is 0 Å². The SMILES string of the molecule is C=C1CCC2C3(C)COC(=O)CCC(=O)OC3CCC2(C)C1C/C=C1/C(=O)OCC1OC(=O)CCC(=O)O. The number of hydrogen-bond acceptors (Lipinski definition) is 9. The highest BCUT2D eigenvalue weighted by Gasteiger charge is 2.59. The van der Waals surface area contributed by atoms with Crippen molar-refractivity contribution in [2.45, 2.75) is 83.8 Å². The van der Waals surface area contributed by atoms with Gasteiger partial charge in [0.1, 0.15) is 19.3 Å². The number of ether oxygens (including phenoxy) is 4. The minimum absolute atomic E-state index is 0.00865. The van der Waals surface area contributed by atoms with Crippen LogP contribution >= 0.6 is 0 Å². The summed E-state index contributed by atoms with van der Waals surface area (Å²) in [7, 11) is 0. The van der Waals surface area contributed by atoms with Gasteiger partial charge in [0.25, 0.3) is 0 Å². The summed E-state index contributed by atoms with van der Waals surface area (Å²) in [6.45, 7) is 8.64. The van der Waals surface area contributed by atoms with Crippen LogP contribution in [0, 0.1) is 22.7 Å². The summed E-state index contributed by atoms with van der Waals surface area (Å²) in [6, 6.07) is 0. The normalized spacial score (nSPS) is 36.5. The number of allylic oxidation sites excluding steroid dienone is 2. The van der Waals surface area contributed by atoms with Gasteiger partial charge in [0.15, 0.2) is 6.10 Å². The minimum atomic E-state index is -1.11. The fourth-order valence-electron chi connectivity index (χ4n) is 6.96. The molecule has 0 aromatic carbocycles. The molecule has 0 amide bonds. The van der Waals surface area contributed by atoms with Crippen LogP contribution in [0.1, 0.15) is 71.6 Å². The number of hydrogen-bond donors (Lipinski definition) is 1. The van der Waals surface area contributed by atoms with E-state index in [4.69, 9.17) is 24.1 Å². The molecule has 2 heterocycles. The molecule has 2 saturated heterocycles. The van der Waals surface area contributed by atoms with E-state index in [9.17, 15) is 24.0 Å². The third-order valence-electron chi connectivity index (χ3n) is 9.01. The molecule has 0 aromatic rings. The van der Waals surface area contributed by atoms with Crippen LogP contribution in [0.25, 0.3) is 0 Å². The van der Waals surface area contributed by atoms with E-state index >= 15 is 0 Å². The number of rotatable bonds is 6. The lowest BCUT2D eigenvalue weighted by Gasteiger charge is -2.60. The molecule has 10 nitrogen and oxygen atoms in total. The summed E-state index contributed by atoms with van der Waals surface area (Å²) in [5.41, 5.74) is 0.475. The Morgan fingerprint density at radius 2 is 1.79 bits per heavy atom. The topological polar surface area (TPSA) is 142 Å². The van der Waals surface area contributed by atoms with E-state index in [0.29, 0.717) is 12.8 Å². The van der Waals surface area contributed by atoms with Crippen molar-refractivity contribution in [3.05, 3.63) is 23.8 Å². The van der Waals surface area contributed by atoms with E-state index in [2.05, 4.69) is 13.5 Å². The van der Waals surface area contributed by atoms with Crippen LogP contribution in [-0.4, -0.2) is 60.4 Å². The van der Waals surface area contributed by atoms with Crippen LogP contribution in [0.2, 0.25) is 0 Å². The third kappa shape index (κ3) is 5.49. The van der Waals surface area contributed by atoms with Gasteiger partial charge in [0, 0.05) is 5.41 Å². The number of carboxylic acid groups (broad SMARTS) is 1. The quantitative estimate of drug-likeness (QED) is 0.234. The molecule has 1 N–H and O–H groups in total. The molecule has 6 atom stereocenters. The summed E-state index contributed by atoms with van der Waals surface area (Å²) < 4.78 is 22.0. The predicted molar refractivity (Wildman–Crippen MR) is 131 cm³/mol. The molecule has 4 aliphatic rings. The molecule has 38 heavy (non-hydrogen) atoms. The summed E-state index contributed by atoms with van der Waals surface area (Å²) in [5, 5.41) is 8.79. The Bertz CT molecular complexity index is 1060. The van der Waals surface area contributed by atoms with Crippen LogP contribution < -0.4 is 0 Å². The highest BCUT2D eigenvalue weighted by molar-refractivity contribution is 5.92. The molecule has 6 unspecified atom stereocenters. The Morgan fingerprint density at radius 3 is 2.53 bits per heavy atom. The molecule has 4 rings (SSSR count). The first-order chi connectivity index (χ1) is 17.9. The molecule has 208 valence electrons. The molecule has 2 aliphatic carbocycles. The maximum absolute atomic E-state index is 12.5. The average molecular weight is 533 g/mol. The van der Waals surface area contributed by atoms with Crippen molar-refractivity contribution in [1.82, 2.24) is 0 Å². The van der Waals surface area contributed by atoms with Gasteiger partial charge < -0.3 is 24.1 Å². The number of aliphatic carboxylic acids is 1. The molecule has 0 spiro atoms. The van der Waals surface area contributed by atoms with Crippen molar-refractivity contribution < 1.29 is 48.0 Å². The van der Waals surface area contributed by atoms with Crippen molar-refractivity contribution >= 4 is 29.8 Å². The second-order valence-corrected chi connectivity index (χ2v) is 11.4. The smallest absolute Gasteiger partial charge is 0.337 e. The molecular formula is C28H36O10. The van der Waals surface area contributed by atoms with E-state index in [0.717, 1.165) is 24.8 Å². The largest absolute Gasteiger partial charge is 0.481 e. The van der Waals surface area contributed by atoms with Crippen molar-refractivity contribution in [3.63, 3.8) is 0 Å². The van der Waals surface area contributed by atoms with E-state index in [1.807, 2.05) is 6.92 Å². The maximum atomic E-state index is 12.5. The highest BCUT2D eigenvalue weighted by atomic mass is 16.6. The zero-order valence-electron chi connectivity index (χ0n) is 22.0. The van der Waals surface area contributed by atoms with Gasteiger partial charge in [0.2, 0.25) is 0 Å². The Hall–Kier alpha value is -3.17. The molecule has 0 radical (unpaired) electrons. The Kier molecular flexibility index (Phi) is 7.99. The first-order valence-corrected chi connectivity index (χ1v) is 13.2. The molecule has 10 heteroatoms. The summed E-state index contributed by atoms with van der Waals surface area (Å²) >= 11 is 0. The first-order valence-electron chi connectivity index (χ1n) is 13.2. The molecule has 0 aromatic heterocycles. The average Bonchev–Trinajstić information content (AvgIpc) is 3.21. The zero-order chi connectivity index (χ0) is 27.7. The first kappa shape index (κ1) is 27.9. The Labute approximate surface area is 221 Å². The molecular weight excluding hydrogens is 496 g/mol. The molecule has 2 aliphatic heterocycles. The van der Waals surface area contributed by atoms with Crippen molar-refractivity contribution in [3.8, 4) is 0 Å². The number of esters is 4. The Morgan fingerprint density at radius 1 is 1.05 bits per heavy atom. The van der Waals surface area contributed by atoms with Gasteiger partial charge in [-0.3, -0.25) is 19.2 Å². The van der Waals surface area contributed by atoms with Crippen LogP contribution in [-0.2, 0) is 42.9 Å². The van der Waals surface area contributed by atoms with Gasteiger partial charge >= 0.3 is 29.8 Å². The minimum Gasteiger partial charge on any atom is -0.481 e. The molecule has 4 fully saturated rings. The lowest BCUT2D eigenvalue weighted by atomic mass is 9.46. The van der Waals surface area contributed by atoms with Gasteiger partial charge in [-0.15, -0.1) is 0 Å². The van der Waals surface area contributed by atoms with E-state index in [-0.39, 0.29) is 73.8 Å². The standard InChI is InChI=1S/C28H36O10/c1-16-4-7-20-27(2,13-12-21-28(20,3)15-36-23(31)10-11-25(33)38-21)18(16)6-5-17-19(14-35-26(17)34)37-24(32)9-8-22(29)30/h5,18-21H,1,4,6-15H2,2-3H3,(H,29,30)/b17-5+. The van der Waals surface area contributed by atoms with Crippen LogP contribution in [0.15, 0.2) is 23.8 Å². The zero-order valence-corrected chi connectivity index (χ0v) is 22.0. The number of carbonyl (C=O) groups is 5. The lowest BCUT2D eigenvalue weighted by Crippen LogP contribution is -2.58. The second kappa shape index (κ2) is 10.9. The molecule has 0 bridgehead atoms. The fourth-order valence-corrected chi connectivity index (χ4v) is 6.96. The van der Waals surface area contributed by atoms with Gasteiger partial charge in [-0.1, -0.05) is 32.1 Å².